The van der Waals surface area contributed by atoms with Gasteiger partial charge in [-0.1, -0.05) is 35.9 Å². The lowest BCUT2D eigenvalue weighted by molar-refractivity contribution is 0.104. The van der Waals surface area contributed by atoms with Crippen molar-refractivity contribution in [2.75, 3.05) is 13.2 Å². The number of hydrogen-bond acceptors (Lipinski definition) is 5. The van der Waals surface area contributed by atoms with Crippen molar-refractivity contribution in [2.45, 2.75) is 18.4 Å². The summed E-state index contributed by atoms with van der Waals surface area (Å²) in [6, 6.07) is 18.2. The first-order chi connectivity index (χ1) is 14.4. The number of rotatable bonds is 7. The number of aliphatic hydroxyl groups excluding tert-OH is 2. The van der Waals surface area contributed by atoms with Gasteiger partial charge in [0, 0.05) is 16.1 Å². The Labute approximate surface area is 179 Å². The van der Waals surface area contributed by atoms with Gasteiger partial charge in [0.2, 0.25) is 0 Å². The first-order valence-electron chi connectivity index (χ1n) is 9.68. The molecule has 0 saturated carbocycles. The molecule has 154 valence electrons. The van der Waals surface area contributed by atoms with Gasteiger partial charge in [-0.15, -0.1) is 0 Å². The number of carbonyl (C=O) groups is 1. The summed E-state index contributed by atoms with van der Waals surface area (Å²) in [6.07, 6.45) is 1.02. The summed E-state index contributed by atoms with van der Waals surface area (Å²) < 4.78 is 5.86. The van der Waals surface area contributed by atoms with E-state index in [4.69, 9.17) is 22.1 Å². The molecule has 4 rings (SSSR count). The average Bonchev–Trinajstić information content (AvgIpc) is 3.03. The van der Waals surface area contributed by atoms with Crippen molar-refractivity contribution in [3.05, 3.63) is 82.4 Å². The Hall–Kier alpha value is -2.70. The van der Waals surface area contributed by atoms with Gasteiger partial charge in [-0.25, -0.2) is 0 Å². The summed E-state index contributed by atoms with van der Waals surface area (Å²) in [5.74, 6) is 1.13. The summed E-state index contributed by atoms with van der Waals surface area (Å²) >= 11 is 6.01. The van der Waals surface area contributed by atoms with Crippen LogP contribution >= 0.6 is 11.6 Å². The smallest absolute Gasteiger partial charge is 0.194 e. The number of halogens is 1. The molecular weight excluding hydrogens is 402 g/mol. The van der Waals surface area contributed by atoms with Crippen molar-refractivity contribution in [2.24, 2.45) is 5.73 Å². The number of ether oxygens (including phenoxy) is 1. The molecule has 0 heterocycles. The van der Waals surface area contributed by atoms with Gasteiger partial charge in [0.15, 0.2) is 5.78 Å². The lowest BCUT2D eigenvalue weighted by Crippen LogP contribution is -2.47. The van der Waals surface area contributed by atoms with Crippen LogP contribution < -0.4 is 10.5 Å². The summed E-state index contributed by atoms with van der Waals surface area (Å²) in [5.41, 5.74) is 8.93. The lowest BCUT2D eigenvalue weighted by atomic mass is 9.92. The molecule has 0 fully saturated rings. The minimum atomic E-state index is -1.01. The van der Waals surface area contributed by atoms with E-state index in [0.29, 0.717) is 40.5 Å². The highest BCUT2D eigenvalue weighted by Crippen LogP contribution is 2.40. The van der Waals surface area contributed by atoms with E-state index in [1.54, 1.807) is 30.3 Å². The molecule has 3 aromatic rings. The van der Waals surface area contributed by atoms with Gasteiger partial charge < -0.3 is 20.7 Å². The van der Waals surface area contributed by atoms with Crippen LogP contribution in [-0.4, -0.2) is 34.7 Å². The molecule has 0 aromatic heterocycles. The van der Waals surface area contributed by atoms with Gasteiger partial charge in [-0.3, -0.25) is 4.79 Å². The van der Waals surface area contributed by atoms with Crippen molar-refractivity contribution in [3.8, 4) is 22.6 Å². The maximum Gasteiger partial charge on any atom is 0.194 e. The Morgan fingerprint density at radius 1 is 0.867 bits per heavy atom. The molecule has 4 N–H and O–H groups in total. The molecule has 0 saturated heterocycles. The highest BCUT2D eigenvalue weighted by molar-refractivity contribution is 6.30. The minimum absolute atomic E-state index is 0.0398. The Bertz CT molecular complexity index is 1110. The molecule has 0 unspecified atom stereocenters. The highest BCUT2D eigenvalue weighted by atomic mass is 35.5. The standard InChI is InChI=1S/C24H22ClNO4/c25-16-2-1-3-17(11-16)30-18-5-7-19-21-10-15(8-9-24(26,13-27)14-28)4-6-20(21)23(29)22(19)12-18/h1-7,10-12,27-28H,8-9,13-14,26H2. The van der Waals surface area contributed by atoms with Crippen molar-refractivity contribution in [3.63, 3.8) is 0 Å². The second kappa shape index (κ2) is 8.20. The first-order valence-corrected chi connectivity index (χ1v) is 10.1. The van der Waals surface area contributed by atoms with E-state index in [1.807, 2.05) is 30.3 Å². The van der Waals surface area contributed by atoms with Gasteiger partial charge >= 0.3 is 0 Å². The molecule has 3 aromatic carbocycles. The predicted molar refractivity (Wildman–Crippen MR) is 116 cm³/mol. The molecule has 0 spiro atoms. The number of benzene rings is 3. The number of carbonyl (C=O) groups excluding carboxylic acids is 1. The fraction of sp³-hybridized carbons (Fsp3) is 0.208. The zero-order chi connectivity index (χ0) is 21.3. The van der Waals surface area contributed by atoms with Crippen molar-refractivity contribution in [1.29, 1.82) is 0 Å². The number of ketones is 1. The van der Waals surface area contributed by atoms with Crippen LogP contribution in [0.3, 0.4) is 0 Å². The van der Waals surface area contributed by atoms with Crippen LogP contribution in [-0.2, 0) is 6.42 Å². The Morgan fingerprint density at radius 2 is 1.60 bits per heavy atom. The van der Waals surface area contributed by atoms with E-state index in [9.17, 15) is 15.0 Å². The Balaban J connectivity index is 1.59. The highest BCUT2D eigenvalue weighted by Gasteiger charge is 2.28. The van der Waals surface area contributed by atoms with Crippen molar-refractivity contribution in [1.82, 2.24) is 0 Å². The number of hydrogen-bond donors (Lipinski definition) is 3. The summed E-state index contributed by atoms with van der Waals surface area (Å²) in [6.45, 7) is -0.573. The van der Waals surface area contributed by atoms with Crippen molar-refractivity contribution >= 4 is 17.4 Å². The second-order valence-corrected chi connectivity index (χ2v) is 8.09. The molecule has 1 aliphatic rings. The lowest BCUT2D eigenvalue weighted by Gasteiger charge is -2.24. The van der Waals surface area contributed by atoms with E-state index in [-0.39, 0.29) is 19.0 Å². The quantitative estimate of drug-likeness (QED) is 0.418. The van der Waals surface area contributed by atoms with Gasteiger partial charge in [0.05, 0.1) is 18.8 Å². The largest absolute Gasteiger partial charge is 0.457 e. The third-order valence-corrected chi connectivity index (χ3v) is 5.66. The average molecular weight is 424 g/mol. The van der Waals surface area contributed by atoms with Crippen LogP contribution in [0.25, 0.3) is 11.1 Å². The zero-order valence-electron chi connectivity index (χ0n) is 16.3. The van der Waals surface area contributed by atoms with Crippen molar-refractivity contribution < 1.29 is 19.7 Å². The zero-order valence-corrected chi connectivity index (χ0v) is 17.0. The van der Waals surface area contributed by atoms with Crippen LogP contribution in [0.1, 0.15) is 27.9 Å². The minimum Gasteiger partial charge on any atom is -0.457 e. The molecule has 0 bridgehead atoms. The van der Waals surface area contributed by atoms with Gasteiger partial charge in [-0.05, 0) is 65.9 Å². The molecule has 1 aliphatic carbocycles. The Morgan fingerprint density at radius 3 is 2.33 bits per heavy atom. The van der Waals surface area contributed by atoms with Crippen LogP contribution in [0, 0.1) is 0 Å². The van der Waals surface area contributed by atoms with Gasteiger partial charge in [0.25, 0.3) is 0 Å². The van der Waals surface area contributed by atoms with Crippen LogP contribution in [0.5, 0.6) is 11.5 Å². The molecule has 6 heteroatoms. The van der Waals surface area contributed by atoms with Crippen LogP contribution in [0.2, 0.25) is 5.02 Å². The maximum absolute atomic E-state index is 12.9. The third kappa shape index (κ3) is 3.98. The predicted octanol–water partition coefficient (Wildman–Crippen LogP) is 3.96. The molecule has 5 nitrogen and oxygen atoms in total. The molecule has 30 heavy (non-hydrogen) atoms. The SMILES string of the molecule is NC(CO)(CO)CCc1ccc2c(c1)-c1ccc(Oc3cccc(Cl)c3)cc1C2=O. The van der Waals surface area contributed by atoms with E-state index in [0.717, 1.165) is 16.7 Å². The van der Waals surface area contributed by atoms with Gasteiger partial charge in [0.1, 0.15) is 11.5 Å². The summed E-state index contributed by atoms with van der Waals surface area (Å²) in [7, 11) is 0. The number of aliphatic hydroxyl groups is 2. The number of nitrogens with two attached hydrogens (primary N) is 1. The molecule has 0 radical (unpaired) electrons. The number of aryl methyl sites for hydroxylation is 1. The number of fused-ring (bicyclic) bond motifs is 3. The summed E-state index contributed by atoms with van der Waals surface area (Å²) in [5, 5.41) is 19.3. The van der Waals surface area contributed by atoms with Crippen LogP contribution in [0.4, 0.5) is 0 Å². The van der Waals surface area contributed by atoms with E-state index in [2.05, 4.69) is 0 Å². The fourth-order valence-corrected chi connectivity index (χ4v) is 3.77. The molecule has 0 aliphatic heterocycles. The molecule has 0 amide bonds. The van der Waals surface area contributed by atoms with E-state index >= 15 is 0 Å². The normalized spacial score (nSPS) is 12.6. The van der Waals surface area contributed by atoms with Gasteiger partial charge in [-0.2, -0.15) is 0 Å². The second-order valence-electron chi connectivity index (χ2n) is 7.65. The third-order valence-electron chi connectivity index (χ3n) is 5.43. The topological polar surface area (TPSA) is 92.8 Å². The first kappa shape index (κ1) is 20.6. The van der Waals surface area contributed by atoms with Crippen LogP contribution in [0.15, 0.2) is 60.7 Å². The van der Waals surface area contributed by atoms with E-state index < -0.39 is 5.54 Å². The fourth-order valence-electron chi connectivity index (χ4n) is 3.59. The molecule has 0 atom stereocenters. The Kier molecular flexibility index (Phi) is 5.62. The summed E-state index contributed by atoms with van der Waals surface area (Å²) in [4.78, 5) is 12.9. The van der Waals surface area contributed by atoms with E-state index in [1.165, 1.54) is 0 Å². The maximum atomic E-state index is 12.9. The molecular formula is C24H22ClNO4. The monoisotopic (exact) mass is 423 g/mol.